The number of carbonyl (C=O) groups is 2. The molecule has 0 saturated carbocycles. The number of hydrogen-bond acceptors (Lipinski definition) is 5. The van der Waals surface area contributed by atoms with E-state index < -0.39 is 0 Å². The van der Waals surface area contributed by atoms with Gasteiger partial charge in [-0.2, -0.15) is 0 Å². The maximum absolute atomic E-state index is 12.5. The third-order valence-corrected chi connectivity index (χ3v) is 5.45. The van der Waals surface area contributed by atoms with E-state index in [4.69, 9.17) is 9.47 Å². The highest BCUT2D eigenvalue weighted by Crippen LogP contribution is 2.21. The number of hydrogen-bond donors (Lipinski definition) is 2. The maximum atomic E-state index is 12.5. The second-order valence-electron chi connectivity index (χ2n) is 7.52. The Hall–Kier alpha value is -3.39. The van der Waals surface area contributed by atoms with Gasteiger partial charge in [0.1, 0.15) is 17.7 Å². The number of anilines is 1. The van der Waals surface area contributed by atoms with Gasteiger partial charge in [0, 0.05) is 37.9 Å². The predicted molar refractivity (Wildman–Crippen MR) is 117 cm³/mol. The first-order chi connectivity index (χ1) is 15.0. The van der Waals surface area contributed by atoms with Gasteiger partial charge < -0.3 is 24.7 Å². The minimum atomic E-state index is -0.322. The SMILES string of the molecule is COc1ccc(C(=O)Nc2ccc3c(c2)nc(CCNC(=O)[C@@H]2CCCO2)n3C)cc1. The van der Waals surface area contributed by atoms with Gasteiger partial charge in [-0.3, -0.25) is 9.59 Å². The van der Waals surface area contributed by atoms with E-state index >= 15 is 0 Å². The highest BCUT2D eigenvalue weighted by Gasteiger charge is 2.23. The van der Waals surface area contributed by atoms with Crippen molar-refractivity contribution in [2.24, 2.45) is 7.05 Å². The van der Waals surface area contributed by atoms with E-state index in [1.165, 1.54) is 0 Å². The molecule has 2 heterocycles. The Morgan fingerprint density at radius 3 is 2.74 bits per heavy atom. The number of nitrogens with zero attached hydrogens (tertiary/aromatic N) is 2. The summed E-state index contributed by atoms with van der Waals surface area (Å²) < 4.78 is 12.5. The number of methoxy groups -OCH3 is 1. The van der Waals surface area contributed by atoms with Crippen LogP contribution in [0.4, 0.5) is 5.69 Å². The molecule has 2 aromatic carbocycles. The third kappa shape index (κ3) is 4.69. The van der Waals surface area contributed by atoms with Gasteiger partial charge >= 0.3 is 0 Å². The summed E-state index contributed by atoms with van der Waals surface area (Å²) in [5, 5.41) is 5.83. The van der Waals surface area contributed by atoms with E-state index in [9.17, 15) is 9.59 Å². The Kier molecular flexibility index (Phi) is 6.18. The van der Waals surface area contributed by atoms with Gasteiger partial charge in [0.15, 0.2) is 0 Å². The summed E-state index contributed by atoms with van der Waals surface area (Å²) in [6, 6.07) is 12.6. The zero-order valence-electron chi connectivity index (χ0n) is 17.7. The molecule has 0 radical (unpaired) electrons. The van der Waals surface area contributed by atoms with Crippen LogP contribution in [0.3, 0.4) is 0 Å². The molecule has 1 atom stereocenters. The van der Waals surface area contributed by atoms with Gasteiger partial charge in [-0.05, 0) is 55.3 Å². The van der Waals surface area contributed by atoms with Gasteiger partial charge in [0.25, 0.3) is 5.91 Å². The number of ether oxygens (including phenoxy) is 2. The first kappa shape index (κ1) is 20.9. The summed E-state index contributed by atoms with van der Waals surface area (Å²) >= 11 is 0. The molecular weight excluding hydrogens is 396 g/mol. The monoisotopic (exact) mass is 422 g/mol. The molecule has 3 aromatic rings. The number of fused-ring (bicyclic) bond motifs is 1. The minimum Gasteiger partial charge on any atom is -0.497 e. The number of aromatic nitrogens is 2. The highest BCUT2D eigenvalue weighted by molar-refractivity contribution is 6.05. The molecule has 31 heavy (non-hydrogen) atoms. The van der Waals surface area contributed by atoms with Crippen LogP contribution >= 0.6 is 0 Å². The lowest BCUT2D eigenvalue weighted by molar-refractivity contribution is -0.130. The number of carbonyl (C=O) groups excluding carboxylic acids is 2. The molecule has 1 aliphatic heterocycles. The van der Waals surface area contributed by atoms with Crippen molar-refractivity contribution >= 4 is 28.5 Å². The Balaban J connectivity index is 1.40. The topological polar surface area (TPSA) is 94.5 Å². The first-order valence-electron chi connectivity index (χ1n) is 10.4. The van der Waals surface area contributed by atoms with Crippen LogP contribution in [0.1, 0.15) is 29.0 Å². The van der Waals surface area contributed by atoms with Crippen molar-refractivity contribution < 1.29 is 19.1 Å². The lowest BCUT2D eigenvalue weighted by atomic mass is 10.2. The van der Waals surface area contributed by atoms with Crippen LogP contribution in [0, 0.1) is 0 Å². The molecular formula is C23H26N4O4. The fourth-order valence-electron chi connectivity index (χ4n) is 3.69. The Morgan fingerprint density at radius 2 is 2.03 bits per heavy atom. The van der Waals surface area contributed by atoms with Crippen molar-refractivity contribution in [1.29, 1.82) is 0 Å². The van der Waals surface area contributed by atoms with E-state index in [2.05, 4.69) is 15.6 Å². The molecule has 1 saturated heterocycles. The van der Waals surface area contributed by atoms with Gasteiger partial charge in [-0.25, -0.2) is 4.98 Å². The minimum absolute atomic E-state index is 0.0557. The number of amides is 2. The summed E-state index contributed by atoms with van der Waals surface area (Å²) in [5.41, 5.74) is 2.97. The Morgan fingerprint density at radius 1 is 1.23 bits per heavy atom. The van der Waals surface area contributed by atoms with Crippen molar-refractivity contribution in [1.82, 2.24) is 14.9 Å². The Bertz CT molecular complexity index is 1080. The summed E-state index contributed by atoms with van der Waals surface area (Å²) in [4.78, 5) is 29.3. The standard InChI is InChI=1S/C23H26N4O4/c1-27-19-10-7-16(25-22(28)15-5-8-17(30-2)9-6-15)14-18(19)26-21(27)11-12-24-23(29)20-4-3-13-31-20/h5-10,14,20H,3-4,11-13H2,1-2H3,(H,24,29)(H,25,28)/t20-/m0/s1. The van der Waals surface area contributed by atoms with Gasteiger partial charge in [0.05, 0.1) is 18.1 Å². The highest BCUT2D eigenvalue weighted by atomic mass is 16.5. The lowest BCUT2D eigenvalue weighted by Gasteiger charge is -2.10. The van der Waals surface area contributed by atoms with E-state index in [0.29, 0.717) is 36.6 Å². The van der Waals surface area contributed by atoms with Gasteiger partial charge in [-0.15, -0.1) is 0 Å². The molecule has 8 heteroatoms. The van der Waals surface area contributed by atoms with E-state index in [1.54, 1.807) is 31.4 Å². The Labute approximate surface area is 180 Å². The third-order valence-electron chi connectivity index (χ3n) is 5.45. The van der Waals surface area contributed by atoms with Crippen LogP contribution in [0.25, 0.3) is 11.0 Å². The smallest absolute Gasteiger partial charge is 0.255 e. The van der Waals surface area contributed by atoms with Gasteiger partial charge in [0.2, 0.25) is 5.91 Å². The van der Waals surface area contributed by atoms with Crippen molar-refractivity contribution in [2.75, 3.05) is 25.6 Å². The molecule has 1 aliphatic rings. The van der Waals surface area contributed by atoms with Crippen LogP contribution in [-0.2, 0) is 23.0 Å². The van der Waals surface area contributed by atoms with E-state index in [0.717, 1.165) is 29.7 Å². The van der Waals surface area contributed by atoms with Crippen LogP contribution < -0.4 is 15.4 Å². The molecule has 4 rings (SSSR count). The quantitative estimate of drug-likeness (QED) is 0.611. The second-order valence-corrected chi connectivity index (χ2v) is 7.52. The molecule has 0 unspecified atom stereocenters. The molecule has 162 valence electrons. The van der Waals surface area contributed by atoms with Crippen LogP contribution in [0.5, 0.6) is 5.75 Å². The predicted octanol–water partition coefficient (Wildman–Crippen LogP) is 2.67. The van der Waals surface area contributed by atoms with Crippen molar-refractivity contribution in [3.8, 4) is 5.75 Å². The number of aryl methyl sites for hydroxylation is 1. The molecule has 1 aromatic heterocycles. The van der Waals surface area contributed by atoms with Crippen molar-refractivity contribution in [3.05, 3.63) is 53.9 Å². The summed E-state index contributed by atoms with van der Waals surface area (Å²) in [5.74, 6) is 1.31. The number of rotatable bonds is 7. The normalized spacial score (nSPS) is 15.7. The fraction of sp³-hybridized carbons (Fsp3) is 0.348. The van der Waals surface area contributed by atoms with E-state index in [-0.39, 0.29) is 17.9 Å². The van der Waals surface area contributed by atoms with Crippen LogP contribution in [0.15, 0.2) is 42.5 Å². The number of imidazole rings is 1. The number of benzene rings is 2. The molecule has 2 N–H and O–H groups in total. The number of nitrogens with one attached hydrogen (secondary N) is 2. The lowest BCUT2D eigenvalue weighted by Crippen LogP contribution is -2.35. The zero-order valence-corrected chi connectivity index (χ0v) is 17.7. The molecule has 0 aliphatic carbocycles. The molecule has 2 amide bonds. The molecule has 8 nitrogen and oxygen atoms in total. The first-order valence-corrected chi connectivity index (χ1v) is 10.4. The summed E-state index contributed by atoms with van der Waals surface area (Å²) in [6.07, 6.45) is 2.00. The largest absolute Gasteiger partial charge is 0.497 e. The van der Waals surface area contributed by atoms with Crippen molar-refractivity contribution in [2.45, 2.75) is 25.4 Å². The maximum Gasteiger partial charge on any atom is 0.255 e. The average Bonchev–Trinajstić information content (AvgIpc) is 3.42. The summed E-state index contributed by atoms with van der Waals surface area (Å²) in [6.45, 7) is 1.15. The average molecular weight is 422 g/mol. The van der Waals surface area contributed by atoms with Crippen LogP contribution in [-0.4, -0.2) is 47.7 Å². The van der Waals surface area contributed by atoms with Gasteiger partial charge in [-0.1, -0.05) is 0 Å². The fourth-order valence-corrected chi connectivity index (χ4v) is 3.69. The van der Waals surface area contributed by atoms with Crippen molar-refractivity contribution in [3.63, 3.8) is 0 Å². The molecule has 0 bridgehead atoms. The summed E-state index contributed by atoms with van der Waals surface area (Å²) in [7, 11) is 3.53. The molecule has 1 fully saturated rings. The second kappa shape index (κ2) is 9.18. The van der Waals surface area contributed by atoms with Crippen LogP contribution in [0.2, 0.25) is 0 Å². The zero-order chi connectivity index (χ0) is 21.8. The molecule has 0 spiro atoms. The van der Waals surface area contributed by atoms with E-state index in [1.807, 2.05) is 29.8 Å².